The fraction of sp³-hybridized carbons (Fsp3) is 0.192. The van der Waals surface area contributed by atoms with E-state index in [2.05, 4.69) is 39.1 Å². The maximum Gasteiger partial charge on any atom is 0.159 e. The Morgan fingerprint density at radius 2 is 1.71 bits per heavy atom. The topological polar surface area (TPSA) is 55.3 Å². The molecule has 0 aliphatic heterocycles. The fourth-order valence-corrected chi connectivity index (χ4v) is 3.77. The van der Waals surface area contributed by atoms with E-state index in [1.54, 1.807) is 20.4 Å². The number of hydrogen-bond acceptors (Lipinski definition) is 5. The quantitative estimate of drug-likeness (QED) is 0.406. The molecule has 5 heteroatoms. The Kier molecular flexibility index (Phi) is 5.78. The van der Waals surface area contributed by atoms with Gasteiger partial charge in [-0.25, -0.2) is 9.97 Å². The molecule has 0 atom stereocenters. The molecule has 0 saturated carbocycles. The maximum absolute atomic E-state index is 11.8. The molecule has 31 heavy (non-hydrogen) atoms. The van der Waals surface area contributed by atoms with Gasteiger partial charge in [-0.3, -0.25) is 4.79 Å². The molecule has 0 aliphatic carbocycles. The summed E-state index contributed by atoms with van der Waals surface area (Å²) in [5.41, 5.74) is 6.56. The van der Waals surface area contributed by atoms with E-state index in [0.29, 0.717) is 5.56 Å². The van der Waals surface area contributed by atoms with Crippen molar-refractivity contribution in [2.24, 2.45) is 0 Å². The van der Waals surface area contributed by atoms with Crippen LogP contribution < -0.4 is 4.74 Å². The summed E-state index contributed by atoms with van der Waals surface area (Å²) < 4.78 is 5.54. The van der Waals surface area contributed by atoms with Crippen molar-refractivity contribution in [2.75, 3.05) is 21.2 Å². The number of nitrogens with zero attached hydrogens (tertiary/aromatic N) is 3. The van der Waals surface area contributed by atoms with Gasteiger partial charge in [-0.1, -0.05) is 30.3 Å². The van der Waals surface area contributed by atoms with Crippen LogP contribution in [0.2, 0.25) is 0 Å². The first-order valence-corrected chi connectivity index (χ1v) is 10.1. The lowest BCUT2D eigenvalue weighted by Gasteiger charge is -2.15. The molecule has 0 spiro atoms. The number of carbonyl (C=O) groups excluding carboxylic acids is 1. The lowest BCUT2D eigenvalue weighted by molar-refractivity contribution is 0.101. The smallest absolute Gasteiger partial charge is 0.159 e. The van der Waals surface area contributed by atoms with E-state index in [0.717, 1.165) is 51.1 Å². The number of fused-ring (bicyclic) bond motifs is 1. The number of benzene rings is 3. The van der Waals surface area contributed by atoms with Crippen LogP contribution in [0.4, 0.5) is 0 Å². The Balaban J connectivity index is 1.84. The Labute approximate surface area is 182 Å². The molecule has 0 unspecified atom stereocenters. The number of methoxy groups -OCH3 is 1. The van der Waals surface area contributed by atoms with Crippen molar-refractivity contribution in [3.8, 4) is 28.1 Å². The lowest BCUT2D eigenvalue weighted by atomic mass is 9.98. The Morgan fingerprint density at radius 1 is 0.935 bits per heavy atom. The molecule has 156 valence electrons. The van der Waals surface area contributed by atoms with Crippen LogP contribution in [0.25, 0.3) is 33.3 Å². The molecule has 1 heterocycles. The monoisotopic (exact) mass is 411 g/mol. The molecule has 0 aliphatic rings. The highest BCUT2D eigenvalue weighted by Crippen LogP contribution is 2.32. The molecule has 3 aromatic carbocycles. The van der Waals surface area contributed by atoms with E-state index in [4.69, 9.17) is 4.74 Å². The van der Waals surface area contributed by atoms with Crippen molar-refractivity contribution in [2.45, 2.75) is 13.5 Å². The number of aromatic nitrogens is 2. The highest BCUT2D eigenvalue weighted by molar-refractivity contribution is 5.98. The number of Topliss-reactive ketones (excluding diaryl/α,β-unsaturated/α-hetero) is 1. The summed E-state index contributed by atoms with van der Waals surface area (Å²) in [7, 11) is 5.78. The zero-order chi connectivity index (χ0) is 22.0. The van der Waals surface area contributed by atoms with Crippen LogP contribution in [0.3, 0.4) is 0 Å². The standard InChI is InChI=1S/C26H25N3O2/c1-17(30)18-6-5-7-21(12-18)26-23-14-20(8-10-24(23)27-16-28-26)19-9-11-25(31-4)22(13-19)15-29(2)3/h5-14,16H,15H2,1-4H3. The van der Waals surface area contributed by atoms with Crippen molar-refractivity contribution in [1.29, 1.82) is 0 Å². The first kappa shape index (κ1) is 20.7. The summed E-state index contributed by atoms with van der Waals surface area (Å²) in [6.45, 7) is 2.36. The fourth-order valence-electron chi connectivity index (χ4n) is 3.77. The second-order valence-corrected chi connectivity index (χ2v) is 7.86. The minimum absolute atomic E-state index is 0.0348. The molecular weight excluding hydrogens is 386 g/mol. The molecule has 4 aromatic rings. The van der Waals surface area contributed by atoms with E-state index < -0.39 is 0 Å². The van der Waals surface area contributed by atoms with Crippen molar-refractivity contribution in [1.82, 2.24) is 14.9 Å². The van der Waals surface area contributed by atoms with Crippen LogP contribution in [-0.2, 0) is 6.54 Å². The van der Waals surface area contributed by atoms with E-state index in [1.165, 1.54) is 0 Å². The van der Waals surface area contributed by atoms with Crippen molar-refractivity contribution in [3.05, 3.63) is 78.1 Å². The molecule has 0 amide bonds. The molecule has 0 saturated heterocycles. The van der Waals surface area contributed by atoms with Gasteiger partial charge in [0.15, 0.2) is 5.78 Å². The highest BCUT2D eigenvalue weighted by Gasteiger charge is 2.12. The summed E-state index contributed by atoms with van der Waals surface area (Å²) in [4.78, 5) is 23.0. The summed E-state index contributed by atoms with van der Waals surface area (Å²) in [6, 6.07) is 20.0. The third-order valence-corrected chi connectivity index (χ3v) is 5.28. The van der Waals surface area contributed by atoms with Gasteiger partial charge >= 0.3 is 0 Å². The molecule has 4 rings (SSSR count). The van der Waals surface area contributed by atoms with Crippen LogP contribution in [0.15, 0.2) is 67.0 Å². The van der Waals surface area contributed by atoms with Crippen LogP contribution in [0.1, 0.15) is 22.8 Å². The number of ketones is 1. The molecule has 5 nitrogen and oxygen atoms in total. The van der Waals surface area contributed by atoms with Crippen LogP contribution in [0, 0.1) is 0 Å². The van der Waals surface area contributed by atoms with Gasteiger partial charge in [0.1, 0.15) is 12.1 Å². The predicted octanol–water partition coefficient (Wildman–Crippen LogP) is 5.24. The number of hydrogen-bond donors (Lipinski definition) is 0. The third kappa shape index (κ3) is 4.32. The van der Waals surface area contributed by atoms with Gasteiger partial charge in [0, 0.05) is 28.6 Å². The van der Waals surface area contributed by atoms with Gasteiger partial charge in [0.2, 0.25) is 0 Å². The van der Waals surface area contributed by atoms with E-state index in [9.17, 15) is 4.79 Å². The number of carbonyl (C=O) groups is 1. The normalized spacial score (nSPS) is 11.1. The Morgan fingerprint density at radius 3 is 2.45 bits per heavy atom. The van der Waals surface area contributed by atoms with E-state index >= 15 is 0 Å². The molecule has 0 radical (unpaired) electrons. The summed E-state index contributed by atoms with van der Waals surface area (Å²) >= 11 is 0. The van der Waals surface area contributed by atoms with Gasteiger partial charge in [-0.15, -0.1) is 0 Å². The lowest BCUT2D eigenvalue weighted by Crippen LogP contribution is -2.11. The van der Waals surface area contributed by atoms with Crippen LogP contribution in [-0.4, -0.2) is 41.9 Å². The van der Waals surface area contributed by atoms with Crippen molar-refractivity contribution >= 4 is 16.7 Å². The molecular formula is C26H25N3O2. The average Bonchev–Trinajstić information content (AvgIpc) is 2.78. The van der Waals surface area contributed by atoms with Crippen molar-refractivity contribution in [3.63, 3.8) is 0 Å². The zero-order valence-electron chi connectivity index (χ0n) is 18.2. The third-order valence-electron chi connectivity index (χ3n) is 5.28. The number of rotatable bonds is 6. The van der Waals surface area contributed by atoms with Gasteiger partial charge < -0.3 is 9.64 Å². The van der Waals surface area contributed by atoms with Gasteiger partial charge in [-0.05, 0) is 62.5 Å². The molecule has 0 N–H and O–H groups in total. The molecule has 0 bridgehead atoms. The predicted molar refractivity (Wildman–Crippen MR) is 124 cm³/mol. The summed E-state index contributed by atoms with van der Waals surface area (Å²) in [5, 5.41) is 0.950. The van der Waals surface area contributed by atoms with Crippen LogP contribution >= 0.6 is 0 Å². The molecule has 1 aromatic heterocycles. The average molecular weight is 412 g/mol. The summed E-state index contributed by atoms with van der Waals surface area (Å²) in [6.07, 6.45) is 1.57. The summed E-state index contributed by atoms with van der Waals surface area (Å²) in [5.74, 6) is 0.913. The highest BCUT2D eigenvalue weighted by atomic mass is 16.5. The zero-order valence-corrected chi connectivity index (χ0v) is 18.2. The first-order chi connectivity index (χ1) is 15.0. The largest absolute Gasteiger partial charge is 0.496 e. The molecule has 0 fully saturated rings. The second-order valence-electron chi connectivity index (χ2n) is 7.86. The van der Waals surface area contributed by atoms with Gasteiger partial charge in [0.05, 0.1) is 18.3 Å². The van der Waals surface area contributed by atoms with E-state index in [1.807, 2.05) is 50.5 Å². The SMILES string of the molecule is COc1ccc(-c2ccc3ncnc(-c4cccc(C(C)=O)c4)c3c2)cc1CN(C)C. The second kappa shape index (κ2) is 8.66. The minimum Gasteiger partial charge on any atom is -0.496 e. The van der Waals surface area contributed by atoms with Crippen molar-refractivity contribution < 1.29 is 9.53 Å². The Hall–Kier alpha value is -3.57. The minimum atomic E-state index is 0.0348. The Bertz CT molecular complexity index is 1260. The number of ether oxygens (including phenoxy) is 1. The van der Waals surface area contributed by atoms with Gasteiger partial charge in [-0.2, -0.15) is 0 Å². The maximum atomic E-state index is 11.8. The van der Waals surface area contributed by atoms with E-state index in [-0.39, 0.29) is 5.78 Å². The van der Waals surface area contributed by atoms with Crippen LogP contribution in [0.5, 0.6) is 5.75 Å². The first-order valence-electron chi connectivity index (χ1n) is 10.1. The van der Waals surface area contributed by atoms with Gasteiger partial charge in [0.25, 0.3) is 0 Å².